The normalized spacial score (nSPS) is 10.5. The quantitative estimate of drug-likeness (QED) is 0.731. The van der Waals surface area contributed by atoms with Crippen LogP contribution in [0, 0.1) is 6.92 Å². The number of nitrogen functional groups attached to an aromatic ring is 1. The highest BCUT2D eigenvalue weighted by Crippen LogP contribution is 2.21. The first-order valence-electron chi connectivity index (χ1n) is 4.45. The van der Waals surface area contributed by atoms with Crippen LogP contribution in [0.25, 0.3) is 0 Å². The van der Waals surface area contributed by atoms with E-state index in [0.29, 0.717) is 0 Å². The number of rotatable bonds is 4. The van der Waals surface area contributed by atoms with E-state index in [2.05, 4.69) is 11.9 Å². The standard InChI is InChI=1S/C9H16N2S/c1-3-4-5-6-8-9(10)12-7(2)11-8/h3-6,10H2,1-2H3. The van der Waals surface area contributed by atoms with Gasteiger partial charge in [0.15, 0.2) is 0 Å². The van der Waals surface area contributed by atoms with Gasteiger partial charge in [-0.1, -0.05) is 19.8 Å². The van der Waals surface area contributed by atoms with Gasteiger partial charge in [0.1, 0.15) is 5.00 Å². The third-order valence-electron chi connectivity index (χ3n) is 1.85. The van der Waals surface area contributed by atoms with Crippen LogP contribution in [-0.4, -0.2) is 4.98 Å². The Morgan fingerprint density at radius 3 is 2.67 bits per heavy atom. The third kappa shape index (κ3) is 2.48. The number of anilines is 1. The van der Waals surface area contributed by atoms with Crippen LogP contribution in [0.15, 0.2) is 0 Å². The molecule has 0 aliphatic rings. The van der Waals surface area contributed by atoms with Gasteiger partial charge in [-0.3, -0.25) is 0 Å². The second kappa shape index (κ2) is 4.45. The van der Waals surface area contributed by atoms with Crippen molar-refractivity contribution in [3.8, 4) is 0 Å². The van der Waals surface area contributed by atoms with E-state index in [0.717, 1.165) is 22.1 Å². The Balaban J connectivity index is 2.45. The molecule has 68 valence electrons. The molecule has 0 unspecified atom stereocenters. The summed E-state index contributed by atoms with van der Waals surface area (Å²) in [7, 11) is 0. The molecule has 1 heterocycles. The largest absolute Gasteiger partial charge is 0.389 e. The zero-order valence-corrected chi connectivity index (χ0v) is 8.58. The maximum absolute atomic E-state index is 5.78. The molecule has 1 rings (SSSR count). The number of nitrogens with two attached hydrogens (primary N) is 1. The van der Waals surface area contributed by atoms with Crippen LogP contribution in [0.2, 0.25) is 0 Å². The zero-order chi connectivity index (χ0) is 8.97. The second-order valence-corrected chi connectivity index (χ2v) is 4.24. The summed E-state index contributed by atoms with van der Waals surface area (Å²) in [6.07, 6.45) is 4.78. The third-order valence-corrected chi connectivity index (χ3v) is 2.69. The Morgan fingerprint density at radius 1 is 1.42 bits per heavy atom. The van der Waals surface area contributed by atoms with Crippen molar-refractivity contribution in [2.75, 3.05) is 5.73 Å². The van der Waals surface area contributed by atoms with Gasteiger partial charge in [0.05, 0.1) is 10.7 Å². The summed E-state index contributed by atoms with van der Waals surface area (Å²) in [5.41, 5.74) is 6.88. The zero-order valence-electron chi connectivity index (χ0n) is 7.76. The van der Waals surface area contributed by atoms with E-state index < -0.39 is 0 Å². The first kappa shape index (κ1) is 9.52. The van der Waals surface area contributed by atoms with Crippen LogP contribution in [0.1, 0.15) is 36.9 Å². The molecule has 2 N–H and O–H groups in total. The summed E-state index contributed by atoms with van der Waals surface area (Å²) in [4.78, 5) is 4.38. The van der Waals surface area contributed by atoms with E-state index in [1.165, 1.54) is 19.3 Å². The molecule has 0 spiro atoms. The average Bonchev–Trinajstić information content (AvgIpc) is 2.31. The minimum Gasteiger partial charge on any atom is -0.389 e. The monoisotopic (exact) mass is 184 g/mol. The maximum atomic E-state index is 5.78. The first-order valence-corrected chi connectivity index (χ1v) is 5.27. The minimum atomic E-state index is 0.906. The van der Waals surface area contributed by atoms with Crippen LogP contribution in [0.5, 0.6) is 0 Å². The van der Waals surface area contributed by atoms with Crippen molar-refractivity contribution in [2.45, 2.75) is 39.5 Å². The lowest BCUT2D eigenvalue weighted by molar-refractivity contribution is 0.710. The molecular formula is C9H16N2S. The second-order valence-electron chi connectivity index (χ2n) is 3.00. The number of hydrogen-bond acceptors (Lipinski definition) is 3. The van der Waals surface area contributed by atoms with Crippen molar-refractivity contribution >= 4 is 16.3 Å². The summed E-state index contributed by atoms with van der Waals surface area (Å²) in [5, 5.41) is 1.99. The van der Waals surface area contributed by atoms with E-state index >= 15 is 0 Å². The Hall–Kier alpha value is -0.570. The summed E-state index contributed by atoms with van der Waals surface area (Å²) < 4.78 is 0. The van der Waals surface area contributed by atoms with Crippen molar-refractivity contribution in [1.82, 2.24) is 4.98 Å². The fourth-order valence-electron chi connectivity index (χ4n) is 1.21. The molecule has 0 amide bonds. The van der Waals surface area contributed by atoms with Gasteiger partial charge in [-0.25, -0.2) is 4.98 Å². The maximum Gasteiger partial charge on any atom is 0.109 e. The number of unbranched alkanes of at least 4 members (excludes halogenated alkanes) is 2. The Labute approximate surface area is 77.8 Å². The van der Waals surface area contributed by atoms with Crippen molar-refractivity contribution in [2.24, 2.45) is 0 Å². The molecule has 0 aliphatic carbocycles. The molecule has 1 aromatic heterocycles. The Bertz CT molecular complexity index is 243. The number of aromatic nitrogens is 1. The summed E-state index contributed by atoms with van der Waals surface area (Å²) in [6.45, 7) is 4.21. The van der Waals surface area contributed by atoms with Crippen molar-refractivity contribution < 1.29 is 0 Å². The van der Waals surface area contributed by atoms with Gasteiger partial charge in [0, 0.05) is 0 Å². The Morgan fingerprint density at radius 2 is 2.17 bits per heavy atom. The van der Waals surface area contributed by atoms with Crippen molar-refractivity contribution in [3.63, 3.8) is 0 Å². The SMILES string of the molecule is CCCCCc1nc(C)sc1N. The number of aryl methyl sites for hydroxylation is 2. The number of hydrogen-bond donors (Lipinski definition) is 1. The van der Waals surface area contributed by atoms with Crippen LogP contribution >= 0.6 is 11.3 Å². The lowest BCUT2D eigenvalue weighted by Crippen LogP contribution is -1.91. The molecule has 2 nitrogen and oxygen atoms in total. The van der Waals surface area contributed by atoms with E-state index in [-0.39, 0.29) is 0 Å². The first-order chi connectivity index (χ1) is 5.74. The molecule has 0 fully saturated rings. The van der Waals surface area contributed by atoms with E-state index in [9.17, 15) is 0 Å². The molecule has 1 aromatic rings. The van der Waals surface area contributed by atoms with Gasteiger partial charge in [-0.2, -0.15) is 0 Å². The van der Waals surface area contributed by atoms with E-state index in [1.54, 1.807) is 11.3 Å². The average molecular weight is 184 g/mol. The van der Waals surface area contributed by atoms with Crippen LogP contribution in [0.3, 0.4) is 0 Å². The van der Waals surface area contributed by atoms with Crippen LogP contribution in [0.4, 0.5) is 5.00 Å². The van der Waals surface area contributed by atoms with E-state index in [4.69, 9.17) is 5.73 Å². The number of nitrogens with zero attached hydrogens (tertiary/aromatic N) is 1. The molecular weight excluding hydrogens is 168 g/mol. The highest BCUT2D eigenvalue weighted by atomic mass is 32.1. The topological polar surface area (TPSA) is 38.9 Å². The van der Waals surface area contributed by atoms with Crippen LogP contribution in [-0.2, 0) is 6.42 Å². The molecule has 12 heavy (non-hydrogen) atoms. The van der Waals surface area contributed by atoms with Gasteiger partial charge in [0.25, 0.3) is 0 Å². The predicted molar refractivity (Wildman–Crippen MR) is 54.5 cm³/mol. The smallest absolute Gasteiger partial charge is 0.109 e. The molecule has 3 heteroatoms. The fourth-order valence-corrected chi connectivity index (χ4v) is 1.95. The van der Waals surface area contributed by atoms with Crippen molar-refractivity contribution in [3.05, 3.63) is 10.7 Å². The molecule has 0 bridgehead atoms. The van der Waals surface area contributed by atoms with E-state index in [1.807, 2.05) is 6.92 Å². The highest BCUT2D eigenvalue weighted by Gasteiger charge is 2.03. The van der Waals surface area contributed by atoms with Crippen molar-refractivity contribution in [1.29, 1.82) is 0 Å². The van der Waals surface area contributed by atoms with Crippen LogP contribution < -0.4 is 5.73 Å². The minimum absolute atomic E-state index is 0.906. The van der Waals surface area contributed by atoms with Gasteiger partial charge >= 0.3 is 0 Å². The lowest BCUT2D eigenvalue weighted by Gasteiger charge is -1.96. The molecule has 0 aliphatic heterocycles. The fraction of sp³-hybridized carbons (Fsp3) is 0.667. The molecule has 0 aromatic carbocycles. The highest BCUT2D eigenvalue weighted by molar-refractivity contribution is 7.15. The van der Waals surface area contributed by atoms with Gasteiger partial charge < -0.3 is 5.73 Å². The van der Waals surface area contributed by atoms with Gasteiger partial charge in [-0.05, 0) is 19.8 Å². The Kier molecular flexibility index (Phi) is 3.53. The lowest BCUT2D eigenvalue weighted by atomic mass is 10.2. The molecule has 0 atom stereocenters. The summed E-state index contributed by atoms with van der Waals surface area (Å²) >= 11 is 1.59. The molecule has 0 saturated heterocycles. The molecule has 0 saturated carbocycles. The summed E-state index contributed by atoms with van der Waals surface area (Å²) in [6, 6.07) is 0. The summed E-state index contributed by atoms with van der Waals surface area (Å²) in [5.74, 6) is 0. The van der Waals surface area contributed by atoms with Gasteiger partial charge in [0.2, 0.25) is 0 Å². The van der Waals surface area contributed by atoms with Gasteiger partial charge in [-0.15, -0.1) is 11.3 Å². The predicted octanol–water partition coefficient (Wildman–Crippen LogP) is 2.77. The number of thiazole rings is 1. The molecule has 0 radical (unpaired) electrons.